The van der Waals surface area contributed by atoms with Crippen molar-refractivity contribution in [1.82, 2.24) is 20.1 Å². The first-order valence-electron chi connectivity index (χ1n) is 11.3. The van der Waals surface area contributed by atoms with Crippen LogP contribution < -0.4 is 10.1 Å². The lowest BCUT2D eigenvalue weighted by molar-refractivity contribution is -0.121. The van der Waals surface area contributed by atoms with E-state index in [1.165, 1.54) is 17.7 Å². The average Bonchev–Trinajstić information content (AvgIpc) is 3.15. The molecular weight excluding hydrogens is 431 g/mol. The topological polar surface area (TPSA) is 69.0 Å². The Morgan fingerprint density at radius 2 is 1.91 bits per heavy atom. The molecule has 0 bridgehead atoms. The number of aromatic nitrogens is 3. The number of hydrogen-bond donors (Lipinski definition) is 1. The molecule has 0 aliphatic carbocycles. The summed E-state index contributed by atoms with van der Waals surface area (Å²) in [5, 5.41) is 8.51. The molecule has 2 heterocycles. The number of carbonyl (C=O) groups is 1. The molecule has 2 aromatic carbocycles. The van der Waals surface area contributed by atoms with Gasteiger partial charge in [0.2, 0.25) is 11.8 Å². The molecule has 7 heteroatoms. The molecule has 0 saturated heterocycles. The van der Waals surface area contributed by atoms with Crippen molar-refractivity contribution < 1.29 is 13.9 Å². The highest BCUT2D eigenvalue weighted by Gasteiger charge is 2.20. The number of nitrogens with zero attached hydrogens (tertiary/aromatic N) is 3. The zero-order valence-electron chi connectivity index (χ0n) is 20.2. The van der Waals surface area contributed by atoms with Gasteiger partial charge in [-0.05, 0) is 69.0 Å². The number of hydrogen-bond acceptors (Lipinski definition) is 4. The van der Waals surface area contributed by atoms with E-state index in [-0.39, 0.29) is 11.7 Å². The summed E-state index contributed by atoms with van der Waals surface area (Å²) in [7, 11) is 1.56. The summed E-state index contributed by atoms with van der Waals surface area (Å²) in [4.78, 5) is 17.3. The van der Waals surface area contributed by atoms with Gasteiger partial charge in [0, 0.05) is 23.9 Å². The Kier molecular flexibility index (Phi) is 6.63. The van der Waals surface area contributed by atoms with Crippen LogP contribution in [0, 0.1) is 33.5 Å². The van der Waals surface area contributed by atoms with Crippen LogP contribution in [0.2, 0.25) is 0 Å². The Hall–Kier alpha value is -3.74. The number of benzene rings is 2. The highest BCUT2D eigenvalue weighted by atomic mass is 19.1. The number of aryl methyl sites for hydroxylation is 4. The van der Waals surface area contributed by atoms with Gasteiger partial charge < -0.3 is 10.1 Å². The first kappa shape index (κ1) is 23.4. The number of nitrogens with one attached hydrogen (secondary N) is 1. The minimum absolute atomic E-state index is 0.0327. The molecule has 0 unspecified atom stereocenters. The van der Waals surface area contributed by atoms with Crippen molar-refractivity contribution in [3.8, 4) is 11.6 Å². The maximum Gasteiger partial charge on any atom is 0.220 e. The first-order chi connectivity index (χ1) is 16.3. The second-order valence-corrected chi connectivity index (χ2v) is 8.61. The number of rotatable bonds is 7. The third-order valence-corrected chi connectivity index (χ3v) is 6.16. The van der Waals surface area contributed by atoms with Crippen LogP contribution in [0.4, 0.5) is 4.39 Å². The number of methoxy groups -OCH3 is 1. The second kappa shape index (κ2) is 9.63. The minimum Gasteiger partial charge on any atom is -0.481 e. The average molecular weight is 461 g/mol. The van der Waals surface area contributed by atoms with E-state index in [0.29, 0.717) is 36.6 Å². The summed E-state index contributed by atoms with van der Waals surface area (Å²) in [6.45, 7) is 8.48. The Bertz CT molecular complexity index is 1380. The number of fused-ring (bicyclic) bond motifs is 1. The summed E-state index contributed by atoms with van der Waals surface area (Å²) in [5.41, 5.74) is 7.25. The maximum absolute atomic E-state index is 13.8. The number of pyridine rings is 1. The molecule has 1 amide bonds. The van der Waals surface area contributed by atoms with Crippen LogP contribution in [0.3, 0.4) is 0 Å². The van der Waals surface area contributed by atoms with Crippen LogP contribution in [-0.2, 0) is 17.8 Å². The molecule has 34 heavy (non-hydrogen) atoms. The van der Waals surface area contributed by atoms with Crippen molar-refractivity contribution in [3.63, 3.8) is 0 Å². The summed E-state index contributed by atoms with van der Waals surface area (Å²) < 4.78 is 21.0. The normalized spacial score (nSPS) is 11.1. The minimum atomic E-state index is -0.342. The van der Waals surface area contributed by atoms with Crippen molar-refractivity contribution >= 4 is 16.9 Å². The van der Waals surface area contributed by atoms with Crippen LogP contribution in [0.15, 0.2) is 42.5 Å². The molecular formula is C27H29FN4O2. The van der Waals surface area contributed by atoms with Crippen molar-refractivity contribution in [1.29, 1.82) is 0 Å². The fourth-order valence-corrected chi connectivity index (χ4v) is 4.29. The van der Waals surface area contributed by atoms with E-state index in [1.807, 2.05) is 27.7 Å². The predicted octanol–water partition coefficient (Wildman–Crippen LogP) is 5.05. The molecule has 4 aromatic rings. The van der Waals surface area contributed by atoms with Crippen LogP contribution in [-0.4, -0.2) is 27.8 Å². The van der Waals surface area contributed by atoms with E-state index in [4.69, 9.17) is 9.72 Å². The third-order valence-electron chi connectivity index (χ3n) is 6.16. The first-order valence-corrected chi connectivity index (χ1v) is 11.3. The number of ether oxygens (including phenoxy) is 1. The van der Waals surface area contributed by atoms with Gasteiger partial charge >= 0.3 is 0 Å². The summed E-state index contributed by atoms with van der Waals surface area (Å²) in [5.74, 6) is 0.0745. The molecule has 0 aliphatic rings. The lowest BCUT2D eigenvalue weighted by Crippen LogP contribution is -2.23. The SMILES string of the molecule is COc1nc2c(c(C)nn2-c2cccc(F)c2)c(C)c1CCC(=O)NCc1cc(C)ccc1C. The van der Waals surface area contributed by atoms with Gasteiger partial charge in [-0.3, -0.25) is 4.79 Å². The molecule has 4 rings (SSSR count). The van der Waals surface area contributed by atoms with E-state index in [0.717, 1.165) is 33.3 Å². The van der Waals surface area contributed by atoms with Gasteiger partial charge in [-0.25, -0.2) is 9.07 Å². The van der Waals surface area contributed by atoms with Crippen molar-refractivity contribution in [2.45, 2.75) is 47.1 Å². The Balaban J connectivity index is 1.58. The fourth-order valence-electron chi connectivity index (χ4n) is 4.29. The van der Waals surface area contributed by atoms with Crippen molar-refractivity contribution in [2.75, 3.05) is 7.11 Å². The van der Waals surface area contributed by atoms with Gasteiger partial charge in [-0.2, -0.15) is 10.1 Å². The monoisotopic (exact) mass is 460 g/mol. The number of amides is 1. The van der Waals surface area contributed by atoms with E-state index >= 15 is 0 Å². The molecule has 1 N–H and O–H groups in total. The zero-order valence-corrected chi connectivity index (χ0v) is 20.2. The standard InChI is InChI=1S/C27H29FN4O2/c1-16-9-10-17(2)20(13-16)15-29-24(33)12-11-23-18(3)25-19(4)31-32(26(25)30-27(23)34-5)22-8-6-7-21(28)14-22/h6-10,13-14H,11-12,15H2,1-5H3,(H,29,33). The maximum atomic E-state index is 13.8. The molecule has 176 valence electrons. The second-order valence-electron chi connectivity index (χ2n) is 8.61. The van der Waals surface area contributed by atoms with Crippen LogP contribution in [0.5, 0.6) is 5.88 Å². The zero-order chi connectivity index (χ0) is 24.4. The van der Waals surface area contributed by atoms with E-state index in [1.54, 1.807) is 23.9 Å². The quantitative estimate of drug-likeness (QED) is 0.419. The van der Waals surface area contributed by atoms with Gasteiger partial charge in [0.05, 0.1) is 18.5 Å². The van der Waals surface area contributed by atoms with Crippen LogP contribution in [0.1, 0.15) is 39.9 Å². The molecule has 0 spiro atoms. The van der Waals surface area contributed by atoms with Crippen LogP contribution in [0.25, 0.3) is 16.7 Å². The van der Waals surface area contributed by atoms with Gasteiger partial charge in [-0.15, -0.1) is 0 Å². The van der Waals surface area contributed by atoms with E-state index < -0.39 is 0 Å². The summed E-state index contributed by atoms with van der Waals surface area (Å²) in [6.07, 6.45) is 0.799. The Morgan fingerprint density at radius 3 is 2.65 bits per heavy atom. The Labute approximate surface area is 198 Å². The van der Waals surface area contributed by atoms with Gasteiger partial charge in [0.1, 0.15) is 5.82 Å². The van der Waals surface area contributed by atoms with Gasteiger partial charge in [0.15, 0.2) is 5.65 Å². The van der Waals surface area contributed by atoms with Crippen molar-refractivity contribution in [3.05, 3.63) is 81.8 Å². The Morgan fingerprint density at radius 1 is 1.12 bits per heavy atom. The summed E-state index contributed by atoms with van der Waals surface area (Å²) >= 11 is 0. The lowest BCUT2D eigenvalue weighted by atomic mass is 10.0. The third kappa shape index (κ3) is 4.64. The molecule has 0 saturated carbocycles. The lowest BCUT2D eigenvalue weighted by Gasteiger charge is -2.13. The highest BCUT2D eigenvalue weighted by Crippen LogP contribution is 2.32. The molecule has 0 radical (unpaired) electrons. The highest BCUT2D eigenvalue weighted by molar-refractivity contribution is 5.86. The van der Waals surface area contributed by atoms with Gasteiger partial charge in [-0.1, -0.05) is 29.8 Å². The molecule has 6 nitrogen and oxygen atoms in total. The number of carbonyl (C=O) groups excluding carboxylic acids is 1. The van der Waals surface area contributed by atoms with Crippen LogP contribution >= 0.6 is 0 Å². The smallest absolute Gasteiger partial charge is 0.220 e. The largest absolute Gasteiger partial charge is 0.481 e. The molecule has 0 fully saturated rings. The number of halogens is 1. The summed E-state index contributed by atoms with van der Waals surface area (Å²) in [6, 6.07) is 12.5. The van der Waals surface area contributed by atoms with Gasteiger partial charge in [0.25, 0.3) is 0 Å². The molecule has 0 aliphatic heterocycles. The van der Waals surface area contributed by atoms with E-state index in [2.05, 4.69) is 28.6 Å². The van der Waals surface area contributed by atoms with Crippen molar-refractivity contribution in [2.24, 2.45) is 0 Å². The molecule has 2 aromatic heterocycles. The van der Waals surface area contributed by atoms with E-state index in [9.17, 15) is 9.18 Å². The molecule has 0 atom stereocenters. The fraction of sp³-hybridized carbons (Fsp3) is 0.296. The predicted molar refractivity (Wildman–Crippen MR) is 131 cm³/mol.